The van der Waals surface area contributed by atoms with Gasteiger partial charge in [0.1, 0.15) is 12.2 Å². The molecule has 0 saturated heterocycles. The van der Waals surface area contributed by atoms with E-state index >= 15 is 0 Å². The van der Waals surface area contributed by atoms with Gasteiger partial charge in [0.25, 0.3) is 5.56 Å². The molecule has 0 bridgehead atoms. The number of ether oxygens (including phenoxy) is 1. The molecule has 0 aromatic carbocycles. The van der Waals surface area contributed by atoms with E-state index in [1.807, 2.05) is 6.92 Å². The van der Waals surface area contributed by atoms with Crippen molar-refractivity contribution in [2.75, 3.05) is 13.7 Å². The quantitative estimate of drug-likeness (QED) is 0.610. The van der Waals surface area contributed by atoms with Crippen LogP contribution in [0.4, 0.5) is 0 Å². The summed E-state index contributed by atoms with van der Waals surface area (Å²) in [5.41, 5.74) is -0.232. The fraction of sp³-hybridized carbons (Fsp3) is 0.357. The number of aromatic nitrogens is 2. The highest BCUT2D eigenvalue weighted by atomic mass is 16.7. The van der Waals surface area contributed by atoms with Crippen molar-refractivity contribution in [3.8, 4) is 0 Å². The molecule has 20 heavy (non-hydrogen) atoms. The lowest BCUT2D eigenvalue weighted by Crippen LogP contribution is -2.32. The molecule has 0 atom stereocenters. The predicted octanol–water partition coefficient (Wildman–Crippen LogP) is 1.41. The first-order valence-corrected chi connectivity index (χ1v) is 6.41. The zero-order valence-electron chi connectivity index (χ0n) is 11.5. The summed E-state index contributed by atoms with van der Waals surface area (Å²) in [4.78, 5) is 33.5. The number of esters is 1. The van der Waals surface area contributed by atoms with Crippen LogP contribution < -0.4 is 10.4 Å². The Bertz CT molecular complexity index is 678. The first-order valence-electron chi connectivity index (χ1n) is 6.41. The standard InChI is InChI=1S/C14H16N2O4/c1-3-4-8-20-16-12-10(6-5-7-15-12)9-11(13(16)17)14(18)19-2/h5-7,9H,3-4,8H2,1-2H3. The van der Waals surface area contributed by atoms with E-state index in [0.29, 0.717) is 17.6 Å². The van der Waals surface area contributed by atoms with Crippen LogP contribution >= 0.6 is 0 Å². The number of pyridine rings is 2. The van der Waals surface area contributed by atoms with Gasteiger partial charge >= 0.3 is 5.97 Å². The Labute approximate surface area is 115 Å². The molecule has 6 nitrogen and oxygen atoms in total. The third kappa shape index (κ3) is 2.64. The largest absolute Gasteiger partial charge is 0.465 e. The van der Waals surface area contributed by atoms with Gasteiger partial charge in [0.15, 0.2) is 5.65 Å². The number of rotatable bonds is 5. The lowest BCUT2D eigenvalue weighted by Gasteiger charge is -2.11. The van der Waals surface area contributed by atoms with E-state index in [4.69, 9.17) is 4.84 Å². The van der Waals surface area contributed by atoms with E-state index < -0.39 is 11.5 Å². The molecule has 2 aromatic rings. The van der Waals surface area contributed by atoms with Crippen molar-refractivity contribution in [1.82, 2.24) is 9.71 Å². The number of hydrogen-bond acceptors (Lipinski definition) is 5. The lowest BCUT2D eigenvalue weighted by molar-refractivity contribution is 0.0587. The molecule has 6 heteroatoms. The molecule has 0 amide bonds. The van der Waals surface area contributed by atoms with E-state index in [-0.39, 0.29) is 5.56 Å². The van der Waals surface area contributed by atoms with Gasteiger partial charge in [0.2, 0.25) is 0 Å². The fourth-order valence-electron chi connectivity index (χ4n) is 1.79. The summed E-state index contributed by atoms with van der Waals surface area (Å²) in [7, 11) is 1.23. The Hall–Kier alpha value is -2.37. The van der Waals surface area contributed by atoms with E-state index in [9.17, 15) is 9.59 Å². The minimum Gasteiger partial charge on any atom is -0.465 e. The number of nitrogens with zero attached hydrogens (tertiary/aromatic N) is 2. The average Bonchev–Trinajstić information content (AvgIpc) is 2.48. The summed E-state index contributed by atoms with van der Waals surface area (Å²) in [6.45, 7) is 2.40. The van der Waals surface area contributed by atoms with E-state index in [1.54, 1.807) is 18.3 Å². The summed E-state index contributed by atoms with van der Waals surface area (Å²) >= 11 is 0. The molecule has 0 N–H and O–H groups in total. The Morgan fingerprint density at radius 3 is 2.95 bits per heavy atom. The van der Waals surface area contributed by atoms with Gasteiger partial charge in [-0.1, -0.05) is 13.3 Å². The highest BCUT2D eigenvalue weighted by Gasteiger charge is 2.17. The fourth-order valence-corrected chi connectivity index (χ4v) is 1.79. The maximum Gasteiger partial charge on any atom is 0.343 e. The van der Waals surface area contributed by atoms with Crippen molar-refractivity contribution >= 4 is 17.0 Å². The molecular formula is C14H16N2O4. The molecule has 2 rings (SSSR count). The van der Waals surface area contributed by atoms with Crippen molar-refractivity contribution in [1.29, 1.82) is 0 Å². The Morgan fingerprint density at radius 2 is 2.25 bits per heavy atom. The minimum atomic E-state index is -0.686. The van der Waals surface area contributed by atoms with Crippen LogP contribution in [0.1, 0.15) is 30.1 Å². The van der Waals surface area contributed by atoms with Gasteiger partial charge in [-0.3, -0.25) is 4.79 Å². The van der Waals surface area contributed by atoms with Crippen LogP contribution in [-0.2, 0) is 4.74 Å². The average molecular weight is 276 g/mol. The molecule has 0 saturated carbocycles. The molecule has 2 heterocycles. The molecule has 0 spiro atoms. The summed E-state index contributed by atoms with van der Waals surface area (Å²) in [6, 6.07) is 4.95. The molecular weight excluding hydrogens is 260 g/mol. The topological polar surface area (TPSA) is 70.4 Å². The van der Waals surface area contributed by atoms with E-state index in [1.165, 1.54) is 13.2 Å². The first-order chi connectivity index (χ1) is 9.69. The Kier molecular flexibility index (Phi) is 4.34. The normalized spacial score (nSPS) is 10.5. The maximum atomic E-state index is 12.3. The number of methoxy groups -OCH3 is 1. The molecule has 0 aliphatic rings. The number of carbonyl (C=O) groups is 1. The van der Waals surface area contributed by atoms with Crippen LogP contribution in [0.2, 0.25) is 0 Å². The monoisotopic (exact) mass is 276 g/mol. The van der Waals surface area contributed by atoms with Gasteiger partial charge in [-0.2, -0.15) is 0 Å². The second kappa shape index (κ2) is 6.18. The molecule has 0 aliphatic carbocycles. The molecule has 0 aliphatic heterocycles. The van der Waals surface area contributed by atoms with Gasteiger partial charge in [0, 0.05) is 11.6 Å². The number of carbonyl (C=O) groups excluding carboxylic acids is 1. The number of unbranched alkanes of at least 4 members (excludes halogenated alkanes) is 1. The number of hydrogen-bond donors (Lipinski definition) is 0. The van der Waals surface area contributed by atoms with Crippen LogP contribution in [-0.4, -0.2) is 29.4 Å². The third-order valence-corrected chi connectivity index (χ3v) is 2.85. The number of fused-ring (bicyclic) bond motifs is 1. The van der Waals surface area contributed by atoms with Gasteiger partial charge in [-0.05, 0) is 24.6 Å². The Morgan fingerprint density at radius 1 is 1.45 bits per heavy atom. The second-order valence-corrected chi connectivity index (χ2v) is 4.25. The molecule has 0 radical (unpaired) electrons. The molecule has 0 fully saturated rings. The lowest BCUT2D eigenvalue weighted by atomic mass is 10.2. The molecule has 2 aromatic heterocycles. The van der Waals surface area contributed by atoms with Crippen molar-refractivity contribution in [3.63, 3.8) is 0 Å². The van der Waals surface area contributed by atoms with Crippen molar-refractivity contribution in [2.45, 2.75) is 19.8 Å². The van der Waals surface area contributed by atoms with Crippen LogP contribution in [0.5, 0.6) is 0 Å². The second-order valence-electron chi connectivity index (χ2n) is 4.25. The van der Waals surface area contributed by atoms with E-state index in [0.717, 1.165) is 17.6 Å². The van der Waals surface area contributed by atoms with Crippen LogP contribution in [0.3, 0.4) is 0 Å². The van der Waals surface area contributed by atoms with Crippen LogP contribution in [0.15, 0.2) is 29.2 Å². The summed E-state index contributed by atoms with van der Waals surface area (Å²) < 4.78 is 5.69. The zero-order valence-corrected chi connectivity index (χ0v) is 11.5. The van der Waals surface area contributed by atoms with Crippen LogP contribution in [0, 0.1) is 0 Å². The SMILES string of the molecule is CCCCOn1c(=O)c(C(=O)OC)cc2cccnc21. The highest BCUT2D eigenvalue weighted by Crippen LogP contribution is 2.10. The summed E-state index contributed by atoms with van der Waals surface area (Å²) in [6.07, 6.45) is 3.32. The third-order valence-electron chi connectivity index (χ3n) is 2.85. The molecule has 0 unspecified atom stereocenters. The summed E-state index contributed by atoms with van der Waals surface area (Å²) in [5.74, 6) is -0.686. The smallest absolute Gasteiger partial charge is 0.343 e. The first kappa shape index (κ1) is 14.0. The van der Waals surface area contributed by atoms with Crippen molar-refractivity contribution in [3.05, 3.63) is 40.3 Å². The van der Waals surface area contributed by atoms with Crippen molar-refractivity contribution < 1.29 is 14.4 Å². The minimum absolute atomic E-state index is 0.0653. The summed E-state index contributed by atoms with van der Waals surface area (Å²) in [5, 5.41) is 0.643. The van der Waals surface area contributed by atoms with Crippen LogP contribution in [0.25, 0.3) is 11.0 Å². The van der Waals surface area contributed by atoms with Gasteiger partial charge in [-0.25, -0.2) is 9.78 Å². The maximum absolute atomic E-state index is 12.3. The molecule has 106 valence electrons. The van der Waals surface area contributed by atoms with E-state index in [2.05, 4.69) is 9.72 Å². The van der Waals surface area contributed by atoms with Crippen molar-refractivity contribution in [2.24, 2.45) is 0 Å². The zero-order chi connectivity index (χ0) is 14.5. The van der Waals surface area contributed by atoms with Gasteiger partial charge in [0.05, 0.1) is 7.11 Å². The highest BCUT2D eigenvalue weighted by molar-refractivity contribution is 5.92. The van der Waals surface area contributed by atoms with Gasteiger partial charge in [-0.15, -0.1) is 4.73 Å². The Balaban J connectivity index is 2.58. The predicted molar refractivity (Wildman–Crippen MR) is 73.7 cm³/mol. The van der Waals surface area contributed by atoms with Gasteiger partial charge < -0.3 is 9.57 Å².